The molecule has 2 aliphatic rings. The predicted molar refractivity (Wildman–Crippen MR) is 65.8 cm³/mol. The molecule has 0 atom stereocenters. The second-order valence-corrected chi connectivity index (χ2v) is 5.91. The van der Waals surface area contributed by atoms with E-state index in [-0.39, 0.29) is 0 Å². The van der Waals surface area contributed by atoms with E-state index >= 15 is 0 Å². The normalized spacial score (nSPS) is 25.6. The lowest BCUT2D eigenvalue weighted by molar-refractivity contribution is 0.401. The van der Waals surface area contributed by atoms with Crippen LogP contribution in [0.3, 0.4) is 0 Å². The molecule has 2 fully saturated rings. The van der Waals surface area contributed by atoms with Crippen molar-refractivity contribution in [2.24, 2.45) is 0 Å². The lowest BCUT2D eigenvalue weighted by atomic mass is 9.96. The number of nitrogens with one attached hydrogen (secondary N) is 2. The molecule has 2 N–H and O–H groups in total. The number of rotatable bonds is 4. The summed E-state index contributed by atoms with van der Waals surface area (Å²) >= 11 is 0. The van der Waals surface area contributed by atoms with Gasteiger partial charge in [-0.3, -0.25) is 0 Å². The van der Waals surface area contributed by atoms with Crippen molar-refractivity contribution >= 4 is 9.84 Å². The summed E-state index contributed by atoms with van der Waals surface area (Å²) in [6, 6.07) is 1.63. The maximum Gasteiger partial charge on any atom is 0.245 e. The zero-order chi connectivity index (χ0) is 10.3. The second kappa shape index (κ2) is 6.66. The Morgan fingerprint density at radius 2 is 1.00 bits per heavy atom. The molecule has 0 aromatic heterocycles. The maximum atomic E-state index is 3.69. The van der Waals surface area contributed by atoms with E-state index in [1.54, 1.807) is 0 Å². The predicted octanol–water partition coefficient (Wildman–Crippen LogP) is 2.37. The van der Waals surface area contributed by atoms with Crippen LogP contribution in [0.15, 0.2) is 0 Å². The SMILES string of the molecule is C1CCC(N[Si]NC2CCCCC2)CC1. The fourth-order valence-corrected chi connectivity index (χ4v) is 3.81. The van der Waals surface area contributed by atoms with Crippen molar-refractivity contribution in [1.29, 1.82) is 0 Å². The summed E-state index contributed by atoms with van der Waals surface area (Å²) in [5.74, 6) is 0. The van der Waals surface area contributed by atoms with Crippen LogP contribution < -0.4 is 9.96 Å². The summed E-state index contributed by atoms with van der Waals surface area (Å²) in [6.45, 7) is 0. The third-order valence-corrected chi connectivity index (χ3v) is 4.87. The molecule has 0 unspecified atom stereocenters. The van der Waals surface area contributed by atoms with Gasteiger partial charge in [0.05, 0.1) is 0 Å². The van der Waals surface area contributed by atoms with Gasteiger partial charge in [0, 0.05) is 12.1 Å². The van der Waals surface area contributed by atoms with Gasteiger partial charge < -0.3 is 9.96 Å². The highest BCUT2D eigenvalue weighted by Gasteiger charge is 2.15. The first-order valence-corrected chi connectivity index (χ1v) is 7.71. The molecule has 2 aliphatic carbocycles. The van der Waals surface area contributed by atoms with E-state index in [9.17, 15) is 0 Å². The van der Waals surface area contributed by atoms with Crippen molar-refractivity contribution < 1.29 is 0 Å². The Morgan fingerprint density at radius 1 is 0.600 bits per heavy atom. The molecule has 0 spiro atoms. The van der Waals surface area contributed by atoms with Gasteiger partial charge in [-0.2, -0.15) is 0 Å². The van der Waals surface area contributed by atoms with E-state index in [2.05, 4.69) is 9.96 Å². The van der Waals surface area contributed by atoms with E-state index in [1.807, 2.05) is 0 Å². The Kier molecular flexibility index (Phi) is 5.16. The number of hydrogen-bond donors (Lipinski definition) is 2. The summed E-state index contributed by atoms with van der Waals surface area (Å²) in [5.41, 5.74) is 0. The minimum absolute atomic E-state index is 0.794. The Morgan fingerprint density at radius 3 is 1.40 bits per heavy atom. The number of hydrogen-bond acceptors (Lipinski definition) is 2. The highest BCUT2D eigenvalue weighted by Crippen LogP contribution is 2.18. The van der Waals surface area contributed by atoms with Crippen molar-refractivity contribution in [1.82, 2.24) is 9.96 Å². The van der Waals surface area contributed by atoms with Crippen LogP contribution in [-0.4, -0.2) is 21.9 Å². The Balaban J connectivity index is 1.53. The third kappa shape index (κ3) is 4.25. The van der Waals surface area contributed by atoms with Crippen LogP contribution in [0.1, 0.15) is 64.2 Å². The van der Waals surface area contributed by atoms with E-state index in [0.29, 0.717) is 0 Å². The van der Waals surface area contributed by atoms with Crippen LogP contribution in [0.2, 0.25) is 0 Å². The minimum Gasteiger partial charge on any atom is -0.323 e. The van der Waals surface area contributed by atoms with Gasteiger partial charge in [0.25, 0.3) is 0 Å². The molecule has 0 bridgehead atoms. The molecule has 3 heteroatoms. The Labute approximate surface area is 96.6 Å². The molecule has 0 saturated heterocycles. The van der Waals surface area contributed by atoms with Crippen LogP contribution in [-0.2, 0) is 0 Å². The van der Waals surface area contributed by atoms with Gasteiger partial charge in [0.1, 0.15) is 0 Å². The van der Waals surface area contributed by atoms with Gasteiger partial charge in [0.15, 0.2) is 0 Å². The molecule has 0 heterocycles. The molecule has 0 aromatic rings. The van der Waals surface area contributed by atoms with E-state index in [1.165, 1.54) is 64.2 Å². The average molecular weight is 224 g/mol. The molecule has 0 aliphatic heterocycles. The van der Waals surface area contributed by atoms with Crippen molar-refractivity contribution in [2.45, 2.75) is 76.3 Å². The topological polar surface area (TPSA) is 24.1 Å². The zero-order valence-electron chi connectivity index (χ0n) is 9.73. The molecule has 2 nitrogen and oxygen atoms in total. The fraction of sp³-hybridized carbons (Fsp3) is 1.00. The van der Waals surface area contributed by atoms with Crippen LogP contribution >= 0.6 is 0 Å². The van der Waals surface area contributed by atoms with Crippen LogP contribution in [0, 0.1) is 0 Å². The molecule has 0 aromatic carbocycles. The highest BCUT2D eigenvalue weighted by atomic mass is 28.2. The fourth-order valence-electron chi connectivity index (χ4n) is 2.74. The van der Waals surface area contributed by atoms with Crippen molar-refractivity contribution in [3.8, 4) is 0 Å². The third-order valence-electron chi connectivity index (χ3n) is 3.76. The van der Waals surface area contributed by atoms with Gasteiger partial charge in [-0.25, -0.2) is 0 Å². The monoisotopic (exact) mass is 224 g/mol. The second-order valence-electron chi connectivity index (χ2n) is 5.08. The van der Waals surface area contributed by atoms with E-state index in [4.69, 9.17) is 0 Å². The Hall–Kier alpha value is 0.137. The summed E-state index contributed by atoms with van der Waals surface area (Å²) in [7, 11) is 0.794. The average Bonchev–Trinajstić information content (AvgIpc) is 2.32. The molecule has 2 radical (unpaired) electrons. The minimum atomic E-state index is 0.794. The summed E-state index contributed by atoms with van der Waals surface area (Å²) in [6.07, 6.45) is 14.3. The van der Waals surface area contributed by atoms with Crippen LogP contribution in [0.5, 0.6) is 0 Å². The van der Waals surface area contributed by atoms with Crippen LogP contribution in [0.25, 0.3) is 0 Å². The Bertz CT molecular complexity index is 145. The molecular weight excluding hydrogens is 200 g/mol. The summed E-state index contributed by atoms with van der Waals surface area (Å²) in [5, 5.41) is 0. The molecular formula is C12H24N2Si. The van der Waals surface area contributed by atoms with Gasteiger partial charge in [-0.15, -0.1) is 0 Å². The van der Waals surface area contributed by atoms with Crippen LogP contribution in [0.4, 0.5) is 0 Å². The van der Waals surface area contributed by atoms with Crippen molar-refractivity contribution in [3.05, 3.63) is 0 Å². The molecule has 15 heavy (non-hydrogen) atoms. The lowest BCUT2D eigenvalue weighted by Crippen LogP contribution is -2.46. The van der Waals surface area contributed by atoms with Gasteiger partial charge in [0.2, 0.25) is 9.84 Å². The summed E-state index contributed by atoms with van der Waals surface area (Å²) < 4.78 is 0. The standard InChI is InChI=1S/C12H24N2Si/c1-3-7-11(8-4-1)13-15-14-12-9-5-2-6-10-12/h11-14H,1-10H2. The van der Waals surface area contributed by atoms with E-state index in [0.717, 1.165) is 21.9 Å². The highest BCUT2D eigenvalue weighted by molar-refractivity contribution is 6.28. The van der Waals surface area contributed by atoms with Gasteiger partial charge in [-0.05, 0) is 25.7 Å². The lowest BCUT2D eigenvalue weighted by Gasteiger charge is -2.26. The quantitative estimate of drug-likeness (QED) is 0.716. The van der Waals surface area contributed by atoms with E-state index < -0.39 is 0 Å². The smallest absolute Gasteiger partial charge is 0.245 e. The molecule has 2 rings (SSSR count). The zero-order valence-corrected chi connectivity index (χ0v) is 10.7. The summed E-state index contributed by atoms with van der Waals surface area (Å²) in [4.78, 5) is 7.37. The van der Waals surface area contributed by atoms with Crippen molar-refractivity contribution in [3.63, 3.8) is 0 Å². The first-order valence-electron chi connectivity index (χ1n) is 6.71. The van der Waals surface area contributed by atoms with Gasteiger partial charge >= 0.3 is 0 Å². The van der Waals surface area contributed by atoms with Gasteiger partial charge in [-0.1, -0.05) is 38.5 Å². The maximum absolute atomic E-state index is 3.69. The first-order chi connectivity index (χ1) is 7.45. The van der Waals surface area contributed by atoms with Crippen molar-refractivity contribution in [2.75, 3.05) is 0 Å². The largest absolute Gasteiger partial charge is 0.323 e. The first kappa shape index (κ1) is 11.6. The molecule has 86 valence electrons. The molecule has 0 amide bonds. The molecule has 2 saturated carbocycles.